The number of alkyl carbamates (subject to hydrolysis) is 1. The van der Waals surface area contributed by atoms with Crippen LogP contribution in [0.4, 0.5) is 10.5 Å². The zero-order chi connectivity index (χ0) is 25.0. The summed E-state index contributed by atoms with van der Waals surface area (Å²) in [5.41, 5.74) is 3.91. The first-order valence-electron chi connectivity index (χ1n) is 11.4. The second-order valence-electron chi connectivity index (χ2n) is 8.78. The number of carboxylic acids is 1. The molecule has 1 aromatic heterocycles. The molecule has 2 aromatic carbocycles. The predicted octanol–water partition coefficient (Wildman–Crippen LogP) is 4.67. The van der Waals surface area contributed by atoms with Crippen molar-refractivity contribution in [2.75, 3.05) is 18.5 Å². The Morgan fingerprint density at radius 2 is 1.63 bits per heavy atom. The normalized spacial score (nSPS) is 13.8. The largest absolute Gasteiger partial charge is 0.477 e. The van der Waals surface area contributed by atoms with Crippen molar-refractivity contribution >= 4 is 23.7 Å². The maximum atomic E-state index is 12.9. The third-order valence-electron chi connectivity index (χ3n) is 6.54. The van der Waals surface area contributed by atoms with E-state index in [2.05, 4.69) is 39.9 Å². The zero-order valence-electron chi connectivity index (χ0n) is 19.6. The summed E-state index contributed by atoms with van der Waals surface area (Å²) in [6.45, 7) is 3.86. The molecule has 35 heavy (non-hydrogen) atoms. The fourth-order valence-electron chi connectivity index (χ4n) is 4.16. The van der Waals surface area contributed by atoms with Gasteiger partial charge in [0.15, 0.2) is 0 Å². The highest BCUT2D eigenvalue weighted by molar-refractivity contribution is 5.95. The van der Waals surface area contributed by atoms with Crippen LogP contribution in [0, 0.1) is 5.41 Å². The number of fused-ring (bicyclic) bond motifs is 3. The van der Waals surface area contributed by atoms with Crippen LogP contribution in [-0.2, 0) is 9.53 Å². The zero-order valence-corrected chi connectivity index (χ0v) is 19.6. The Kier molecular flexibility index (Phi) is 6.82. The number of amides is 2. The molecule has 3 aromatic rings. The van der Waals surface area contributed by atoms with Gasteiger partial charge < -0.3 is 20.5 Å². The number of ether oxygens (including phenoxy) is 1. The SMILES string of the molecule is CCC(C)(CNC(=O)OCC1c2ccccc2-c2ccccc21)C(=O)Nc1ccc(C(=O)O)nc1. The van der Waals surface area contributed by atoms with Crippen LogP contribution >= 0.6 is 0 Å². The molecule has 0 saturated heterocycles. The van der Waals surface area contributed by atoms with E-state index in [1.807, 2.05) is 31.2 Å². The molecule has 8 nitrogen and oxygen atoms in total. The molecule has 1 aliphatic carbocycles. The van der Waals surface area contributed by atoms with E-state index in [9.17, 15) is 14.4 Å². The van der Waals surface area contributed by atoms with Crippen LogP contribution in [0.5, 0.6) is 0 Å². The second-order valence-corrected chi connectivity index (χ2v) is 8.78. The number of anilines is 1. The first-order valence-corrected chi connectivity index (χ1v) is 11.4. The molecule has 0 radical (unpaired) electrons. The van der Waals surface area contributed by atoms with Gasteiger partial charge in [-0.3, -0.25) is 4.79 Å². The second kappa shape index (κ2) is 9.97. The van der Waals surface area contributed by atoms with E-state index in [1.165, 1.54) is 18.3 Å². The van der Waals surface area contributed by atoms with Gasteiger partial charge in [0.05, 0.1) is 17.3 Å². The molecule has 0 bridgehead atoms. The van der Waals surface area contributed by atoms with Crippen LogP contribution in [-0.4, -0.2) is 41.2 Å². The highest BCUT2D eigenvalue weighted by Gasteiger charge is 2.33. The molecular formula is C27H27N3O5. The summed E-state index contributed by atoms with van der Waals surface area (Å²) >= 11 is 0. The van der Waals surface area contributed by atoms with Crippen LogP contribution in [0.3, 0.4) is 0 Å². The van der Waals surface area contributed by atoms with E-state index in [0.717, 1.165) is 22.3 Å². The third-order valence-corrected chi connectivity index (χ3v) is 6.54. The van der Waals surface area contributed by atoms with E-state index in [1.54, 1.807) is 6.92 Å². The number of aromatic carboxylic acids is 1. The van der Waals surface area contributed by atoms with Crippen LogP contribution in [0.1, 0.15) is 47.8 Å². The van der Waals surface area contributed by atoms with E-state index in [4.69, 9.17) is 9.84 Å². The van der Waals surface area contributed by atoms with E-state index in [-0.39, 0.29) is 30.7 Å². The summed E-state index contributed by atoms with van der Waals surface area (Å²) in [4.78, 5) is 40.2. The van der Waals surface area contributed by atoms with Crippen molar-refractivity contribution in [3.05, 3.63) is 83.7 Å². The molecule has 3 N–H and O–H groups in total. The summed E-state index contributed by atoms with van der Waals surface area (Å²) in [7, 11) is 0. The minimum Gasteiger partial charge on any atom is -0.477 e. The number of carbonyl (C=O) groups is 3. The first kappa shape index (κ1) is 23.9. The maximum Gasteiger partial charge on any atom is 0.407 e. The number of benzene rings is 2. The van der Waals surface area contributed by atoms with E-state index < -0.39 is 17.5 Å². The Balaban J connectivity index is 1.35. The van der Waals surface area contributed by atoms with Gasteiger partial charge in [-0.2, -0.15) is 0 Å². The molecule has 1 heterocycles. The van der Waals surface area contributed by atoms with Gasteiger partial charge in [-0.15, -0.1) is 0 Å². The third kappa shape index (κ3) is 5.01. The van der Waals surface area contributed by atoms with Crippen LogP contribution in [0.2, 0.25) is 0 Å². The molecule has 8 heteroatoms. The Labute approximate surface area is 203 Å². The highest BCUT2D eigenvalue weighted by Crippen LogP contribution is 2.44. The summed E-state index contributed by atoms with van der Waals surface area (Å²) in [6, 6.07) is 19.0. The van der Waals surface area contributed by atoms with Crippen molar-refractivity contribution < 1.29 is 24.2 Å². The fourth-order valence-corrected chi connectivity index (χ4v) is 4.16. The number of pyridine rings is 1. The fraction of sp³-hybridized carbons (Fsp3) is 0.259. The molecule has 1 unspecified atom stereocenters. The molecule has 0 fully saturated rings. The van der Waals surface area contributed by atoms with E-state index >= 15 is 0 Å². The smallest absolute Gasteiger partial charge is 0.407 e. The van der Waals surface area contributed by atoms with Crippen molar-refractivity contribution in [1.29, 1.82) is 0 Å². The molecule has 0 spiro atoms. The highest BCUT2D eigenvalue weighted by atomic mass is 16.5. The molecule has 1 atom stereocenters. The maximum absolute atomic E-state index is 12.9. The number of nitrogens with one attached hydrogen (secondary N) is 2. The summed E-state index contributed by atoms with van der Waals surface area (Å²) in [5.74, 6) is -1.51. The van der Waals surface area contributed by atoms with Crippen molar-refractivity contribution in [3.8, 4) is 11.1 Å². The lowest BCUT2D eigenvalue weighted by Gasteiger charge is -2.27. The van der Waals surface area contributed by atoms with E-state index in [0.29, 0.717) is 12.1 Å². The molecule has 2 amide bonds. The average molecular weight is 474 g/mol. The standard InChI is InChI=1S/C27H27N3O5/c1-3-27(2,25(33)30-17-12-13-23(24(31)32)28-14-17)16-29-26(34)35-15-22-20-10-6-4-8-18(20)19-9-5-7-11-21(19)22/h4-14,22H,3,15-16H2,1-2H3,(H,29,34)(H,30,33)(H,31,32). The topological polar surface area (TPSA) is 118 Å². The van der Waals surface area contributed by atoms with Crippen LogP contribution in [0.15, 0.2) is 66.9 Å². The number of carbonyl (C=O) groups excluding carboxylic acids is 2. The first-order chi connectivity index (χ1) is 16.8. The van der Waals surface area contributed by atoms with Crippen LogP contribution in [0.25, 0.3) is 11.1 Å². The van der Waals surface area contributed by atoms with Crippen LogP contribution < -0.4 is 10.6 Å². The quantitative estimate of drug-likeness (QED) is 0.438. The van der Waals surface area contributed by atoms with Crippen molar-refractivity contribution in [3.63, 3.8) is 0 Å². The Hall–Kier alpha value is -4.20. The summed E-state index contributed by atoms with van der Waals surface area (Å²) in [6.07, 6.45) is 1.16. The number of hydrogen-bond acceptors (Lipinski definition) is 5. The lowest BCUT2D eigenvalue weighted by Crippen LogP contribution is -2.43. The van der Waals surface area contributed by atoms with Crippen molar-refractivity contribution in [1.82, 2.24) is 10.3 Å². The summed E-state index contributed by atoms with van der Waals surface area (Å²) in [5, 5.41) is 14.4. The van der Waals surface area contributed by atoms with Gasteiger partial charge in [-0.1, -0.05) is 55.5 Å². The van der Waals surface area contributed by atoms with Crippen molar-refractivity contribution in [2.45, 2.75) is 26.2 Å². The van der Waals surface area contributed by atoms with Crippen molar-refractivity contribution in [2.24, 2.45) is 5.41 Å². The molecule has 180 valence electrons. The minimum absolute atomic E-state index is 0.0460. The van der Waals surface area contributed by atoms with Gasteiger partial charge in [-0.05, 0) is 47.7 Å². The lowest BCUT2D eigenvalue weighted by atomic mass is 9.86. The molecule has 0 aliphatic heterocycles. The van der Waals surface area contributed by atoms with Gasteiger partial charge in [0, 0.05) is 12.5 Å². The van der Waals surface area contributed by atoms with Gasteiger partial charge in [0.2, 0.25) is 5.91 Å². The minimum atomic E-state index is -1.14. The monoisotopic (exact) mass is 473 g/mol. The van der Waals surface area contributed by atoms with Gasteiger partial charge in [-0.25, -0.2) is 14.6 Å². The number of carboxylic acid groups (broad SMARTS) is 1. The van der Waals surface area contributed by atoms with Gasteiger partial charge in [0.1, 0.15) is 12.3 Å². The lowest BCUT2D eigenvalue weighted by molar-refractivity contribution is -0.124. The Bertz CT molecular complexity index is 1210. The number of rotatable bonds is 8. The average Bonchev–Trinajstić information content (AvgIpc) is 3.20. The predicted molar refractivity (Wildman–Crippen MR) is 131 cm³/mol. The Morgan fingerprint density at radius 3 is 2.17 bits per heavy atom. The summed E-state index contributed by atoms with van der Waals surface area (Å²) < 4.78 is 5.57. The number of aromatic nitrogens is 1. The number of hydrogen-bond donors (Lipinski definition) is 3. The molecular weight excluding hydrogens is 446 g/mol. The Morgan fingerprint density at radius 1 is 1.00 bits per heavy atom. The molecule has 1 aliphatic rings. The van der Waals surface area contributed by atoms with Gasteiger partial charge >= 0.3 is 12.1 Å². The number of nitrogens with zero attached hydrogens (tertiary/aromatic N) is 1. The molecule has 4 rings (SSSR count). The van der Waals surface area contributed by atoms with Gasteiger partial charge in [0.25, 0.3) is 0 Å². The molecule has 0 saturated carbocycles.